The van der Waals surface area contributed by atoms with E-state index in [0.29, 0.717) is 11.6 Å². The summed E-state index contributed by atoms with van der Waals surface area (Å²) >= 11 is 5.89. The zero-order chi connectivity index (χ0) is 10.6. The summed E-state index contributed by atoms with van der Waals surface area (Å²) in [6, 6.07) is 4.40. The largest absolute Gasteiger partial charge is 0.330 e. The average molecular weight is 214 g/mol. The van der Waals surface area contributed by atoms with Gasteiger partial charge in [0, 0.05) is 0 Å². The molecular formula is C11H13ClFN. The molecular weight excluding hydrogens is 201 g/mol. The first-order valence-corrected chi connectivity index (χ1v) is 4.85. The van der Waals surface area contributed by atoms with Gasteiger partial charge >= 0.3 is 0 Å². The van der Waals surface area contributed by atoms with Crippen molar-refractivity contribution in [2.45, 2.75) is 13.3 Å². The normalized spacial score (nSPS) is 11.9. The van der Waals surface area contributed by atoms with Gasteiger partial charge in [0.1, 0.15) is 5.82 Å². The molecule has 0 fully saturated rings. The summed E-state index contributed by atoms with van der Waals surface area (Å²) < 4.78 is 12.7. The minimum atomic E-state index is -0.314. The molecule has 0 unspecified atom stereocenters. The maximum atomic E-state index is 12.7. The molecule has 0 saturated heterocycles. The van der Waals surface area contributed by atoms with Crippen LogP contribution in [0.5, 0.6) is 0 Å². The molecule has 0 atom stereocenters. The summed E-state index contributed by atoms with van der Waals surface area (Å²) in [6.07, 6.45) is 2.80. The first kappa shape index (κ1) is 11.2. The van der Waals surface area contributed by atoms with Crippen molar-refractivity contribution < 1.29 is 4.39 Å². The Morgan fingerprint density at radius 1 is 1.57 bits per heavy atom. The van der Waals surface area contributed by atoms with Crippen LogP contribution in [0.15, 0.2) is 24.3 Å². The minimum absolute atomic E-state index is 0.314. The molecule has 0 aliphatic rings. The van der Waals surface area contributed by atoms with Crippen LogP contribution in [-0.2, 0) is 0 Å². The van der Waals surface area contributed by atoms with Crippen LogP contribution in [0.2, 0.25) is 5.02 Å². The third-order valence-corrected chi connectivity index (χ3v) is 2.29. The topological polar surface area (TPSA) is 26.0 Å². The van der Waals surface area contributed by atoms with Gasteiger partial charge in [-0.15, -0.1) is 0 Å². The number of hydrogen-bond donors (Lipinski definition) is 1. The average Bonchev–Trinajstić information content (AvgIpc) is 2.14. The molecule has 0 aromatic heterocycles. The SMILES string of the molecule is CC(=CCCN)c1ccc(F)cc1Cl. The van der Waals surface area contributed by atoms with Crippen LogP contribution in [0.25, 0.3) is 5.57 Å². The predicted octanol–water partition coefficient (Wildman–Crippen LogP) is 3.23. The second kappa shape index (κ2) is 5.13. The second-order valence-corrected chi connectivity index (χ2v) is 3.50. The number of nitrogens with two attached hydrogens (primary N) is 1. The van der Waals surface area contributed by atoms with E-state index < -0.39 is 0 Å². The molecule has 0 amide bonds. The standard InChI is InChI=1S/C11H13ClFN/c1-8(3-2-6-14)10-5-4-9(13)7-11(10)12/h3-5,7H,2,6,14H2,1H3. The third-order valence-electron chi connectivity index (χ3n) is 1.97. The van der Waals surface area contributed by atoms with Crippen LogP contribution < -0.4 is 5.73 Å². The van der Waals surface area contributed by atoms with Gasteiger partial charge in [-0.3, -0.25) is 0 Å². The molecule has 0 radical (unpaired) electrons. The fraction of sp³-hybridized carbons (Fsp3) is 0.273. The van der Waals surface area contributed by atoms with Gasteiger partial charge < -0.3 is 5.73 Å². The van der Waals surface area contributed by atoms with Gasteiger partial charge in [-0.1, -0.05) is 23.7 Å². The van der Waals surface area contributed by atoms with Crippen molar-refractivity contribution in [3.05, 3.63) is 40.7 Å². The molecule has 76 valence electrons. The van der Waals surface area contributed by atoms with E-state index in [-0.39, 0.29) is 5.82 Å². The van der Waals surface area contributed by atoms with Crippen molar-refractivity contribution in [2.75, 3.05) is 6.54 Å². The Morgan fingerprint density at radius 2 is 2.29 bits per heavy atom. The lowest BCUT2D eigenvalue weighted by Crippen LogP contribution is -1.96. The Balaban J connectivity index is 2.95. The van der Waals surface area contributed by atoms with E-state index in [0.717, 1.165) is 17.6 Å². The lowest BCUT2D eigenvalue weighted by atomic mass is 10.1. The van der Waals surface area contributed by atoms with Crippen LogP contribution in [0.3, 0.4) is 0 Å². The van der Waals surface area contributed by atoms with Gasteiger partial charge in [0.05, 0.1) is 5.02 Å². The Bertz CT molecular complexity index is 347. The molecule has 1 rings (SSSR count). The third kappa shape index (κ3) is 2.82. The zero-order valence-electron chi connectivity index (χ0n) is 8.06. The van der Waals surface area contributed by atoms with Crippen LogP contribution in [0, 0.1) is 5.82 Å². The quantitative estimate of drug-likeness (QED) is 0.820. The van der Waals surface area contributed by atoms with Crippen molar-refractivity contribution in [3.63, 3.8) is 0 Å². The number of rotatable bonds is 3. The van der Waals surface area contributed by atoms with Gasteiger partial charge in [0.25, 0.3) is 0 Å². The summed E-state index contributed by atoms with van der Waals surface area (Å²) in [5.74, 6) is -0.314. The molecule has 2 N–H and O–H groups in total. The highest BCUT2D eigenvalue weighted by atomic mass is 35.5. The highest BCUT2D eigenvalue weighted by Gasteiger charge is 2.02. The molecule has 14 heavy (non-hydrogen) atoms. The molecule has 0 aliphatic heterocycles. The minimum Gasteiger partial charge on any atom is -0.330 e. The molecule has 0 saturated carbocycles. The Labute approximate surface area is 88.4 Å². The zero-order valence-corrected chi connectivity index (χ0v) is 8.81. The second-order valence-electron chi connectivity index (χ2n) is 3.09. The monoisotopic (exact) mass is 213 g/mol. The molecule has 0 bridgehead atoms. The van der Waals surface area contributed by atoms with Crippen molar-refractivity contribution in [3.8, 4) is 0 Å². The summed E-state index contributed by atoms with van der Waals surface area (Å²) in [4.78, 5) is 0. The number of halogens is 2. The van der Waals surface area contributed by atoms with Gasteiger partial charge in [-0.05, 0) is 43.2 Å². The fourth-order valence-corrected chi connectivity index (χ4v) is 1.54. The first-order chi connectivity index (χ1) is 6.65. The molecule has 3 heteroatoms. The predicted molar refractivity (Wildman–Crippen MR) is 58.7 cm³/mol. The van der Waals surface area contributed by atoms with Crippen LogP contribution in [-0.4, -0.2) is 6.54 Å². The van der Waals surface area contributed by atoms with E-state index in [1.54, 1.807) is 6.07 Å². The number of allylic oxidation sites excluding steroid dienone is 1. The Hall–Kier alpha value is -0.860. The van der Waals surface area contributed by atoms with Crippen molar-refractivity contribution in [1.29, 1.82) is 0 Å². The summed E-state index contributed by atoms with van der Waals surface area (Å²) in [5, 5.41) is 0.441. The highest BCUT2D eigenvalue weighted by molar-refractivity contribution is 6.32. The highest BCUT2D eigenvalue weighted by Crippen LogP contribution is 2.24. The molecule has 0 heterocycles. The lowest BCUT2D eigenvalue weighted by Gasteiger charge is -2.04. The van der Waals surface area contributed by atoms with E-state index in [4.69, 9.17) is 17.3 Å². The van der Waals surface area contributed by atoms with Crippen LogP contribution in [0.1, 0.15) is 18.9 Å². The van der Waals surface area contributed by atoms with Crippen molar-refractivity contribution in [2.24, 2.45) is 5.73 Å². The van der Waals surface area contributed by atoms with E-state index >= 15 is 0 Å². The summed E-state index contributed by atoms with van der Waals surface area (Å²) in [5.41, 5.74) is 7.27. The van der Waals surface area contributed by atoms with Gasteiger partial charge in [-0.25, -0.2) is 4.39 Å². The van der Waals surface area contributed by atoms with Crippen molar-refractivity contribution in [1.82, 2.24) is 0 Å². The van der Waals surface area contributed by atoms with E-state index in [1.807, 2.05) is 13.0 Å². The number of benzene rings is 1. The van der Waals surface area contributed by atoms with Gasteiger partial charge in [0.15, 0.2) is 0 Å². The molecule has 1 aromatic carbocycles. The van der Waals surface area contributed by atoms with E-state index in [2.05, 4.69) is 0 Å². The molecule has 0 aliphatic carbocycles. The Morgan fingerprint density at radius 3 is 2.86 bits per heavy atom. The molecule has 1 nitrogen and oxygen atoms in total. The van der Waals surface area contributed by atoms with E-state index in [1.165, 1.54) is 12.1 Å². The van der Waals surface area contributed by atoms with Gasteiger partial charge in [-0.2, -0.15) is 0 Å². The maximum absolute atomic E-state index is 12.7. The molecule has 0 spiro atoms. The first-order valence-electron chi connectivity index (χ1n) is 4.47. The smallest absolute Gasteiger partial charge is 0.124 e. The molecule has 1 aromatic rings. The van der Waals surface area contributed by atoms with Crippen LogP contribution >= 0.6 is 11.6 Å². The summed E-state index contributed by atoms with van der Waals surface area (Å²) in [7, 11) is 0. The maximum Gasteiger partial charge on any atom is 0.124 e. The van der Waals surface area contributed by atoms with Gasteiger partial charge in [0.2, 0.25) is 0 Å². The van der Waals surface area contributed by atoms with E-state index in [9.17, 15) is 4.39 Å². The van der Waals surface area contributed by atoms with Crippen molar-refractivity contribution >= 4 is 17.2 Å². The fourth-order valence-electron chi connectivity index (χ4n) is 1.22. The summed E-state index contributed by atoms with van der Waals surface area (Å²) in [6.45, 7) is 2.55. The lowest BCUT2D eigenvalue weighted by molar-refractivity contribution is 0.628. The Kier molecular flexibility index (Phi) is 4.11. The van der Waals surface area contributed by atoms with Crippen LogP contribution in [0.4, 0.5) is 4.39 Å². The number of hydrogen-bond acceptors (Lipinski definition) is 1.